The predicted molar refractivity (Wildman–Crippen MR) is 102 cm³/mol. The molecule has 0 aromatic heterocycles. The van der Waals surface area contributed by atoms with Crippen molar-refractivity contribution in [1.29, 1.82) is 0 Å². The average molecular weight is 330 g/mol. The van der Waals surface area contributed by atoms with Crippen molar-refractivity contribution in [3.63, 3.8) is 0 Å². The summed E-state index contributed by atoms with van der Waals surface area (Å²) >= 11 is 0. The van der Waals surface area contributed by atoms with Crippen LogP contribution in [0.3, 0.4) is 0 Å². The second kappa shape index (κ2) is 11.9. The number of nitrogens with one attached hydrogen (secondary N) is 1. The minimum absolute atomic E-state index is 0. The maximum Gasteiger partial charge on any atom is 0.220 e. The largest absolute Gasteiger partial charge is 0.376 e. The molecule has 0 bridgehead atoms. The van der Waals surface area contributed by atoms with Gasteiger partial charge in [-0.2, -0.15) is 0 Å². The molecule has 0 aliphatic heterocycles. The first-order chi connectivity index (χ1) is 10.8. The Morgan fingerprint density at radius 2 is 1.78 bits per heavy atom. The van der Waals surface area contributed by atoms with E-state index in [4.69, 9.17) is 4.74 Å². The minimum atomic E-state index is 0. The zero-order valence-electron chi connectivity index (χ0n) is 16.7. The van der Waals surface area contributed by atoms with Crippen molar-refractivity contribution in [2.24, 2.45) is 11.3 Å². The van der Waals surface area contributed by atoms with Crippen LogP contribution in [0.5, 0.6) is 0 Å². The normalized spacial score (nSPS) is 18.6. The summed E-state index contributed by atoms with van der Waals surface area (Å²) in [4.78, 5) is 12.3. The molecule has 1 aliphatic carbocycles. The Kier molecular flexibility index (Phi) is 11.6. The lowest BCUT2D eigenvalue weighted by atomic mass is 9.85. The number of hydrogen-bond donors (Lipinski definition) is 1. The van der Waals surface area contributed by atoms with Crippen molar-refractivity contribution in [3.05, 3.63) is 0 Å². The van der Waals surface area contributed by atoms with Crippen LogP contribution in [0, 0.1) is 11.3 Å². The van der Waals surface area contributed by atoms with Gasteiger partial charge in [0.1, 0.15) is 0 Å². The maximum absolute atomic E-state index is 12.3. The van der Waals surface area contributed by atoms with Gasteiger partial charge in [0.25, 0.3) is 0 Å². The van der Waals surface area contributed by atoms with Gasteiger partial charge in [-0.15, -0.1) is 0 Å². The van der Waals surface area contributed by atoms with Crippen LogP contribution in [-0.2, 0) is 9.53 Å². The molecule has 140 valence electrons. The van der Waals surface area contributed by atoms with Crippen molar-refractivity contribution in [2.45, 2.75) is 106 Å². The standard InChI is InChI=1S/C18H35NO2.C2H6.H2/c1-6-14(2)21-13-16(18(3,4)5)19-17(20)12-15-10-8-7-9-11-15;1-2;/h14-16H,6-13H2,1-5H3,(H,19,20);1-2H3;1H. The smallest absolute Gasteiger partial charge is 0.220 e. The van der Waals surface area contributed by atoms with Gasteiger partial charge >= 0.3 is 0 Å². The molecule has 1 fully saturated rings. The Balaban J connectivity index is 0. The molecule has 2 unspecified atom stereocenters. The third kappa shape index (κ3) is 10.0. The lowest BCUT2D eigenvalue weighted by Crippen LogP contribution is -2.47. The second-order valence-electron chi connectivity index (χ2n) is 7.75. The molecule has 0 aromatic rings. The van der Waals surface area contributed by atoms with Gasteiger partial charge in [-0.05, 0) is 37.5 Å². The summed E-state index contributed by atoms with van der Waals surface area (Å²) in [6.07, 6.45) is 8.31. The van der Waals surface area contributed by atoms with Crippen molar-refractivity contribution in [2.75, 3.05) is 6.61 Å². The van der Waals surface area contributed by atoms with Gasteiger partial charge in [0.15, 0.2) is 0 Å². The van der Waals surface area contributed by atoms with Crippen LogP contribution in [0.1, 0.15) is 94.8 Å². The first kappa shape index (κ1) is 22.4. The Labute approximate surface area is 146 Å². The average Bonchev–Trinajstić information content (AvgIpc) is 2.52. The predicted octanol–water partition coefficient (Wildman–Crippen LogP) is 5.58. The highest BCUT2D eigenvalue weighted by atomic mass is 16.5. The van der Waals surface area contributed by atoms with Gasteiger partial charge < -0.3 is 10.1 Å². The van der Waals surface area contributed by atoms with E-state index in [2.05, 4.69) is 39.9 Å². The van der Waals surface area contributed by atoms with Crippen LogP contribution in [0.25, 0.3) is 0 Å². The molecule has 3 nitrogen and oxygen atoms in total. The molecule has 0 spiro atoms. The summed E-state index contributed by atoms with van der Waals surface area (Å²) in [7, 11) is 0. The van der Waals surface area contributed by atoms with Crippen molar-refractivity contribution in [3.8, 4) is 0 Å². The second-order valence-corrected chi connectivity index (χ2v) is 7.75. The Morgan fingerprint density at radius 3 is 2.26 bits per heavy atom. The molecule has 3 heteroatoms. The minimum Gasteiger partial charge on any atom is -0.376 e. The third-order valence-corrected chi connectivity index (χ3v) is 4.70. The summed E-state index contributed by atoms with van der Waals surface area (Å²) in [6, 6.07) is 0.0857. The molecular formula is C20H43NO2. The quantitative estimate of drug-likeness (QED) is 0.662. The molecule has 0 radical (unpaired) electrons. The number of carbonyl (C=O) groups is 1. The van der Waals surface area contributed by atoms with Crippen LogP contribution in [0.15, 0.2) is 0 Å². The summed E-state index contributed by atoms with van der Waals surface area (Å²) in [5.74, 6) is 0.796. The first-order valence-electron chi connectivity index (χ1n) is 9.74. The van der Waals surface area contributed by atoms with Gasteiger partial charge in [0, 0.05) is 7.85 Å². The number of carbonyl (C=O) groups excluding carboxylic acids is 1. The van der Waals surface area contributed by atoms with E-state index < -0.39 is 0 Å². The van der Waals surface area contributed by atoms with Gasteiger partial charge in [-0.1, -0.05) is 60.8 Å². The number of hydrogen-bond acceptors (Lipinski definition) is 2. The lowest BCUT2D eigenvalue weighted by Gasteiger charge is -2.33. The first-order valence-corrected chi connectivity index (χ1v) is 9.74. The summed E-state index contributed by atoms with van der Waals surface area (Å²) in [5, 5.41) is 3.22. The molecule has 0 saturated heterocycles. The molecule has 0 heterocycles. The third-order valence-electron chi connectivity index (χ3n) is 4.70. The molecule has 1 amide bonds. The van der Waals surface area contributed by atoms with E-state index >= 15 is 0 Å². The molecule has 1 saturated carbocycles. The van der Waals surface area contributed by atoms with Crippen LogP contribution in [-0.4, -0.2) is 24.7 Å². The summed E-state index contributed by atoms with van der Waals surface area (Å²) in [5.41, 5.74) is 0.0235. The highest BCUT2D eigenvalue weighted by Crippen LogP contribution is 2.27. The molecule has 1 rings (SSSR count). The Hall–Kier alpha value is -0.570. The molecule has 1 N–H and O–H groups in total. The van der Waals surface area contributed by atoms with E-state index in [0.29, 0.717) is 18.9 Å². The molecule has 23 heavy (non-hydrogen) atoms. The molecule has 2 atom stereocenters. The Morgan fingerprint density at radius 1 is 1.22 bits per heavy atom. The lowest BCUT2D eigenvalue weighted by molar-refractivity contribution is -0.124. The summed E-state index contributed by atoms with van der Waals surface area (Å²) < 4.78 is 5.86. The Bertz CT molecular complexity index is 309. The van der Waals surface area contributed by atoms with Gasteiger partial charge in [0.2, 0.25) is 5.91 Å². The zero-order chi connectivity index (χ0) is 17.9. The molecule has 0 aromatic carbocycles. The fourth-order valence-electron chi connectivity index (χ4n) is 2.79. The van der Waals surface area contributed by atoms with Crippen LogP contribution >= 0.6 is 0 Å². The van der Waals surface area contributed by atoms with Crippen LogP contribution in [0.2, 0.25) is 0 Å². The SMILES string of the molecule is CC.CCC(C)OCC(NC(=O)CC1CCCCC1)C(C)(C)C.[HH]. The van der Waals surface area contributed by atoms with Crippen LogP contribution in [0.4, 0.5) is 0 Å². The van der Waals surface area contributed by atoms with Crippen LogP contribution < -0.4 is 5.32 Å². The monoisotopic (exact) mass is 329 g/mol. The van der Waals surface area contributed by atoms with Crippen molar-refractivity contribution in [1.82, 2.24) is 5.32 Å². The topological polar surface area (TPSA) is 38.3 Å². The van der Waals surface area contributed by atoms with Crippen molar-refractivity contribution >= 4 is 5.91 Å². The molecular weight excluding hydrogens is 286 g/mol. The number of rotatable bonds is 7. The highest BCUT2D eigenvalue weighted by molar-refractivity contribution is 5.76. The van der Waals surface area contributed by atoms with E-state index in [1.807, 2.05) is 13.8 Å². The highest BCUT2D eigenvalue weighted by Gasteiger charge is 2.28. The van der Waals surface area contributed by atoms with E-state index in [1.54, 1.807) is 0 Å². The molecule has 1 aliphatic rings. The van der Waals surface area contributed by atoms with E-state index in [1.165, 1.54) is 32.1 Å². The summed E-state index contributed by atoms with van der Waals surface area (Å²) in [6.45, 7) is 15.3. The van der Waals surface area contributed by atoms with Crippen molar-refractivity contribution < 1.29 is 11.0 Å². The van der Waals surface area contributed by atoms with Gasteiger partial charge in [-0.3, -0.25) is 4.79 Å². The van der Waals surface area contributed by atoms with E-state index in [0.717, 1.165) is 6.42 Å². The van der Waals surface area contributed by atoms with E-state index in [9.17, 15) is 4.79 Å². The van der Waals surface area contributed by atoms with E-state index in [-0.39, 0.29) is 24.9 Å². The zero-order valence-corrected chi connectivity index (χ0v) is 16.7. The number of ether oxygens (including phenoxy) is 1. The number of amides is 1. The van der Waals surface area contributed by atoms with Gasteiger partial charge in [0.05, 0.1) is 18.8 Å². The fraction of sp³-hybridized carbons (Fsp3) is 0.950. The fourth-order valence-corrected chi connectivity index (χ4v) is 2.79. The maximum atomic E-state index is 12.3. The van der Waals surface area contributed by atoms with Gasteiger partial charge in [-0.25, -0.2) is 0 Å².